The van der Waals surface area contributed by atoms with Crippen LogP contribution < -0.4 is 10.5 Å². The van der Waals surface area contributed by atoms with Crippen LogP contribution in [0.3, 0.4) is 0 Å². The first kappa shape index (κ1) is 13.9. The van der Waals surface area contributed by atoms with Gasteiger partial charge in [0.05, 0.1) is 5.69 Å². The minimum atomic E-state index is -3.66. The Morgan fingerprint density at radius 3 is 2.47 bits per heavy atom. The molecular formula is C11H19N3O2S. The molecular weight excluding hydrogens is 238 g/mol. The third-order valence-corrected chi connectivity index (χ3v) is 4.20. The highest BCUT2D eigenvalue weighted by molar-refractivity contribution is 7.89. The fraction of sp³-hybridized carbons (Fsp3) is 0.545. The van der Waals surface area contributed by atoms with Crippen molar-refractivity contribution in [1.29, 1.82) is 0 Å². The van der Waals surface area contributed by atoms with Gasteiger partial charge in [-0.3, -0.25) is 0 Å². The topological polar surface area (TPSA) is 85.1 Å². The molecule has 6 heteroatoms. The predicted octanol–water partition coefficient (Wildman–Crippen LogP) is 1.38. The smallest absolute Gasteiger partial charge is 0.260 e. The number of pyridine rings is 1. The summed E-state index contributed by atoms with van der Waals surface area (Å²) in [5.41, 5.74) is 5.59. The molecule has 0 saturated carbocycles. The fourth-order valence-electron chi connectivity index (χ4n) is 1.09. The number of nitrogens with zero attached hydrogens (tertiary/aromatic N) is 1. The first-order chi connectivity index (χ1) is 7.64. The molecule has 1 heterocycles. The Bertz CT molecular complexity index is 492. The number of sulfonamides is 1. The molecule has 5 nitrogen and oxygen atoms in total. The summed E-state index contributed by atoms with van der Waals surface area (Å²) < 4.78 is 26.7. The van der Waals surface area contributed by atoms with E-state index in [9.17, 15) is 8.42 Å². The monoisotopic (exact) mass is 257 g/mol. The summed E-state index contributed by atoms with van der Waals surface area (Å²) in [6.45, 7) is 7.70. The van der Waals surface area contributed by atoms with Gasteiger partial charge in [0.2, 0.25) is 0 Å². The van der Waals surface area contributed by atoms with Crippen LogP contribution in [0.1, 0.15) is 27.7 Å². The largest absolute Gasteiger partial charge is 0.396 e. The summed E-state index contributed by atoms with van der Waals surface area (Å²) in [5, 5.41) is -0.115. The van der Waals surface area contributed by atoms with Crippen LogP contribution in [-0.4, -0.2) is 19.4 Å². The van der Waals surface area contributed by atoms with Crippen LogP contribution in [0, 0.1) is 5.41 Å². The van der Waals surface area contributed by atoms with Crippen LogP contribution in [-0.2, 0) is 10.0 Å². The van der Waals surface area contributed by atoms with Gasteiger partial charge in [0.1, 0.15) is 0 Å². The van der Waals surface area contributed by atoms with Gasteiger partial charge >= 0.3 is 0 Å². The van der Waals surface area contributed by atoms with E-state index >= 15 is 0 Å². The van der Waals surface area contributed by atoms with Gasteiger partial charge in [-0.15, -0.1) is 0 Å². The molecule has 0 saturated heterocycles. The van der Waals surface area contributed by atoms with Crippen molar-refractivity contribution in [2.75, 3.05) is 5.73 Å². The summed E-state index contributed by atoms with van der Waals surface area (Å²) in [6.07, 6.45) is 1.41. The Morgan fingerprint density at radius 1 is 1.41 bits per heavy atom. The van der Waals surface area contributed by atoms with Crippen molar-refractivity contribution in [2.24, 2.45) is 5.41 Å². The van der Waals surface area contributed by atoms with Crippen LogP contribution in [0.15, 0.2) is 23.4 Å². The van der Waals surface area contributed by atoms with E-state index in [1.54, 1.807) is 6.07 Å². The van der Waals surface area contributed by atoms with E-state index in [0.29, 0.717) is 0 Å². The molecule has 0 aliphatic rings. The van der Waals surface area contributed by atoms with Gasteiger partial charge in [0.25, 0.3) is 10.0 Å². The van der Waals surface area contributed by atoms with Crippen LogP contribution >= 0.6 is 0 Å². The molecule has 0 amide bonds. The number of anilines is 1. The zero-order valence-corrected chi connectivity index (χ0v) is 11.4. The average molecular weight is 257 g/mol. The van der Waals surface area contributed by atoms with Gasteiger partial charge in [-0.05, 0) is 24.5 Å². The normalized spacial score (nSPS) is 14.6. The molecule has 0 spiro atoms. The molecule has 1 aromatic rings. The quantitative estimate of drug-likeness (QED) is 0.856. The van der Waals surface area contributed by atoms with Crippen LogP contribution in [0.5, 0.6) is 0 Å². The Hall–Kier alpha value is -1.14. The lowest BCUT2D eigenvalue weighted by Crippen LogP contribution is -2.41. The van der Waals surface area contributed by atoms with E-state index in [1.165, 1.54) is 12.3 Å². The molecule has 0 aromatic carbocycles. The predicted molar refractivity (Wildman–Crippen MR) is 67.9 cm³/mol. The Balaban J connectivity index is 3.03. The van der Waals surface area contributed by atoms with E-state index in [4.69, 9.17) is 5.73 Å². The van der Waals surface area contributed by atoms with Crippen LogP contribution in [0.4, 0.5) is 5.69 Å². The number of nitrogen functional groups attached to an aromatic ring is 1. The van der Waals surface area contributed by atoms with Gasteiger partial charge in [-0.25, -0.2) is 18.1 Å². The third kappa shape index (κ3) is 3.41. The zero-order chi connectivity index (χ0) is 13.3. The molecule has 3 N–H and O–H groups in total. The van der Waals surface area contributed by atoms with Crippen LogP contribution in [0.25, 0.3) is 0 Å². The second kappa shape index (κ2) is 4.62. The molecule has 96 valence electrons. The maximum absolute atomic E-state index is 12.1. The lowest BCUT2D eigenvalue weighted by Gasteiger charge is -2.27. The van der Waals surface area contributed by atoms with E-state index in [0.717, 1.165) is 0 Å². The van der Waals surface area contributed by atoms with Crippen LogP contribution in [0.2, 0.25) is 0 Å². The minimum absolute atomic E-state index is 0.115. The van der Waals surface area contributed by atoms with Gasteiger partial charge in [0, 0.05) is 12.2 Å². The lowest BCUT2D eigenvalue weighted by atomic mass is 9.89. The van der Waals surface area contributed by atoms with E-state index in [-0.39, 0.29) is 22.2 Å². The summed E-state index contributed by atoms with van der Waals surface area (Å²) in [7, 11) is -3.66. The van der Waals surface area contributed by atoms with Crippen molar-refractivity contribution in [3.63, 3.8) is 0 Å². The third-order valence-electron chi connectivity index (χ3n) is 2.69. The standard InChI is InChI=1S/C11H19N3O2S/c1-8(11(2,3)4)14-17(15,16)10-9(12)6-5-7-13-10/h5-8,14H,12H2,1-4H3. The maximum atomic E-state index is 12.1. The Labute approximate surface area is 102 Å². The highest BCUT2D eigenvalue weighted by Crippen LogP contribution is 2.21. The molecule has 0 aliphatic carbocycles. The van der Waals surface area contributed by atoms with E-state index in [2.05, 4.69) is 9.71 Å². The number of nitrogens with one attached hydrogen (secondary N) is 1. The molecule has 1 aromatic heterocycles. The number of aromatic nitrogens is 1. The van der Waals surface area contributed by atoms with Gasteiger partial charge in [0.15, 0.2) is 5.03 Å². The van der Waals surface area contributed by atoms with E-state index < -0.39 is 10.0 Å². The van der Waals surface area contributed by atoms with Crippen molar-refractivity contribution < 1.29 is 8.42 Å². The number of rotatable bonds is 3. The lowest BCUT2D eigenvalue weighted by molar-refractivity contribution is 0.317. The van der Waals surface area contributed by atoms with Gasteiger partial charge < -0.3 is 5.73 Å². The summed E-state index contributed by atoms with van der Waals surface area (Å²) in [6, 6.07) is 2.90. The molecule has 0 bridgehead atoms. The summed E-state index contributed by atoms with van der Waals surface area (Å²) in [5.74, 6) is 0. The van der Waals surface area contributed by atoms with Crippen molar-refractivity contribution in [2.45, 2.75) is 38.8 Å². The zero-order valence-electron chi connectivity index (χ0n) is 10.6. The molecule has 0 radical (unpaired) electrons. The number of hydrogen-bond donors (Lipinski definition) is 2. The van der Waals surface area contributed by atoms with Gasteiger partial charge in [-0.1, -0.05) is 20.8 Å². The first-order valence-electron chi connectivity index (χ1n) is 5.37. The average Bonchev–Trinajstić information content (AvgIpc) is 2.15. The van der Waals surface area contributed by atoms with Crippen molar-refractivity contribution in [3.8, 4) is 0 Å². The first-order valence-corrected chi connectivity index (χ1v) is 6.86. The molecule has 1 rings (SSSR count). The summed E-state index contributed by atoms with van der Waals surface area (Å²) in [4.78, 5) is 3.81. The van der Waals surface area contributed by atoms with Gasteiger partial charge in [-0.2, -0.15) is 0 Å². The summed E-state index contributed by atoms with van der Waals surface area (Å²) >= 11 is 0. The SMILES string of the molecule is CC(NS(=O)(=O)c1ncccc1N)C(C)(C)C. The molecule has 17 heavy (non-hydrogen) atoms. The van der Waals surface area contributed by atoms with Crippen molar-refractivity contribution in [3.05, 3.63) is 18.3 Å². The Morgan fingerprint density at radius 2 is 2.00 bits per heavy atom. The highest BCUT2D eigenvalue weighted by Gasteiger charge is 2.27. The number of nitrogens with two attached hydrogens (primary N) is 1. The van der Waals surface area contributed by atoms with Crippen molar-refractivity contribution in [1.82, 2.24) is 9.71 Å². The fourth-order valence-corrected chi connectivity index (χ4v) is 2.60. The maximum Gasteiger partial charge on any atom is 0.260 e. The molecule has 0 aliphatic heterocycles. The van der Waals surface area contributed by atoms with Crippen molar-refractivity contribution >= 4 is 15.7 Å². The second-order valence-corrected chi connectivity index (χ2v) is 6.74. The highest BCUT2D eigenvalue weighted by atomic mass is 32.2. The van der Waals surface area contributed by atoms with E-state index in [1.807, 2.05) is 27.7 Å². The second-order valence-electron chi connectivity index (χ2n) is 5.11. The number of hydrogen-bond acceptors (Lipinski definition) is 4. The molecule has 1 atom stereocenters. The minimum Gasteiger partial charge on any atom is -0.396 e. The Kier molecular flexibility index (Phi) is 3.78. The molecule has 1 unspecified atom stereocenters. The molecule has 0 fully saturated rings.